The standard InChI is InChI=1S/C14H28N3/c1-11(2)8-9-12-13(15-3)7-6-10-14(12,16-4)17-5/h11,15-17H,1,6-10H2,2-5H3. The van der Waals surface area contributed by atoms with Gasteiger partial charge in [0.05, 0.1) is 5.66 Å². The molecule has 99 valence electrons. The summed E-state index contributed by atoms with van der Waals surface area (Å²) >= 11 is 0. The van der Waals surface area contributed by atoms with Gasteiger partial charge in [0, 0.05) is 12.7 Å². The molecule has 1 unspecified atom stereocenters. The number of hydrogen-bond donors (Lipinski definition) is 3. The van der Waals surface area contributed by atoms with E-state index >= 15 is 0 Å². The van der Waals surface area contributed by atoms with Crippen LogP contribution in [-0.2, 0) is 0 Å². The van der Waals surface area contributed by atoms with Gasteiger partial charge in [-0.1, -0.05) is 13.8 Å². The lowest BCUT2D eigenvalue weighted by Gasteiger charge is -2.41. The van der Waals surface area contributed by atoms with Crippen molar-refractivity contribution >= 4 is 0 Å². The first-order chi connectivity index (χ1) is 8.09. The zero-order valence-corrected chi connectivity index (χ0v) is 11.8. The number of rotatable bonds is 6. The van der Waals surface area contributed by atoms with Crippen LogP contribution in [0.1, 0.15) is 39.0 Å². The first-order valence-electron chi connectivity index (χ1n) is 6.70. The summed E-state index contributed by atoms with van der Waals surface area (Å²) in [4.78, 5) is 0. The molecule has 0 aromatic rings. The van der Waals surface area contributed by atoms with Crippen molar-refractivity contribution in [2.24, 2.45) is 5.92 Å². The molecule has 1 radical (unpaired) electrons. The molecule has 0 fully saturated rings. The molecule has 3 N–H and O–H groups in total. The largest absolute Gasteiger partial charge is 0.391 e. The van der Waals surface area contributed by atoms with E-state index in [-0.39, 0.29) is 5.66 Å². The smallest absolute Gasteiger partial charge is 0.0923 e. The number of allylic oxidation sites excluding steroid dienone is 1. The number of hydrogen-bond acceptors (Lipinski definition) is 3. The Morgan fingerprint density at radius 1 is 1.29 bits per heavy atom. The fourth-order valence-electron chi connectivity index (χ4n) is 2.80. The molecule has 1 atom stereocenters. The van der Waals surface area contributed by atoms with Crippen LogP contribution in [0.15, 0.2) is 11.3 Å². The molecule has 0 aliphatic heterocycles. The van der Waals surface area contributed by atoms with Gasteiger partial charge in [0.2, 0.25) is 0 Å². The second-order valence-corrected chi connectivity index (χ2v) is 5.11. The van der Waals surface area contributed by atoms with Crippen LogP contribution in [-0.4, -0.2) is 26.8 Å². The molecule has 3 nitrogen and oxygen atoms in total. The minimum Gasteiger partial charge on any atom is -0.391 e. The maximum Gasteiger partial charge on any atom is 0.0923 e. The van der Waals surface area contributed by atoms with Gasteiger partial charge in [-0.05, 0) is 57.7 Å². The Morgan fingerprint density at radius 2 is 1.94 bits per heavy atom. The van der Waals surface area contributed by atoms with Crippen LogP contribution in [0.2, 0.25) is 0 Å². The first kappa shape index (κ1) is 14.5. The van der Waals surface area contributed by atoms with Crippen molar-refractivity contribution in [3.8, 4) is 0 Å². The summed E-state index contributed by atoms with van der Waals surface area (Å²) in [5, 5.41) is 10.3. The highest BCUT2D eigenvalue weighted by atomic mass is 15.2. The van der Waals surface area contributed by atoms with Crippen molar-refractivity contribution in [2.45, 2.75) is 44.7 Å². The Hall–Kier alpha value is -0.540. The average molecular weight is 238 g/mol. The van der Waals surface area contributed by atoms with Gasteiger partial charge in [-0.15, -0.1) is 0 Å². The van der Waals surface area contributed by atoms with Crippen molar-refractivity contribution in [1.82, 2.24) is 16.0 Å². The van der Waals surface area contributed by atoms with Crippen LogP contribution in [0.3, 0.4) is 0 Å². The van der Waals surface area contributed by atoms with Gasteiger partial charge >= 0.3 is 0 Å². The zero-order valence-electron chi connectivity index (χ0n) is 11.8. The molecule has 1 rings (SSSR count). The molecule has 17 heavy (non-hydrogen) atoms. The maximum absolute atomic E-state index is 4.09. The summed E-state index contributed by atoms with van der Waals surface area (Å²) in [6.07, 6.45) is 5.81. The molecule has 3 heteroatoms. The molecule has 0 aromatic carbocycles. The molecule has 0 heterocycles. The van der Waals surface area contributed by atoms with E-state index in [1.54, 1.807) is 0 Å². The number of likely N-dealkylation sites (N-methyl/N-ethyl adjacent to an activating group) is 2. The maximum atomic E-state index is 4.09. The molecule has 0 bridgehead atoms. The van der Waals surface area contributed by atoms with Crippen LogP contribution >= 0.6 is 0 Å². The molecule has 1 aliphatic rings. The summed E-state index contributed by atoms with van der Waals surface area (Å²) in [7, 11) is 6.12. The average Bonchev–Trinajstić information content (AvgIpc) is 2.35. The highest BCUT2D eigenvalue weighted by molar-refractivity contribution is 5.27. The predicted octanol–water partition coefficient (Wildman–Crippen LogP) is 2.03. The Kier molecular flexibility index (Phi) is 5.47. The minimum atomic E-state index is -0.0223. The van der Waals surface area contributed by atoms with E-state index in [0.29, 0.717) is 5.92 Å². The third kappa shape index (κ3) is 3.23. The Bertz CT molecular complexity index is 265. The highest BCUT2D eigenvalue weighted by Gasteiger charge is 2.35. The fourth-order valence-corrected chi connectivity index (χ4v) is 2.80. The first-order valence-corrected chi connectivity index (χ1v) is 6.70. The van der Waals surface area contributed by atoms with Gasteiger partial charge in [-0.25, -0.2) is 0 Å². The Balaban J connectivity index is 2.95. The van der Waals surface area contributed by atoms with Crippen molar-refractivity contribution < 1.29 is 0 Å². The van der Waals surface area contributed by atoms with Gasteiger partial charge in [-0.2, -0.15) is 0 Å². The molecule has 0 aromatic heterocycles. The van der Waals surface area contributed by atoms with Crippen molar-refractivity contribution in [3.63, 3.8) is 0 Å². The topological polar surface area (TPSA) is 36.1 Å². The summed E-state index contributed by atoms with van der Waals surface area (Å²) in [6, 6.07) is 0. The minimum absolute atomic E-state index is 0.0223. The molecular formula is C14H28N3. The molecule has 0 spiro atoms. The molecule has 1 aliphatic carbocycles. The third-order valence-corrected chi connectivity index (χ3v) is 3.90. The molecule has 0 saturated heterocycles. The zero-order chi connectivity index (χ0) is 12.9. The van der Waals surface area contributed by atoms with Crippen LogP contribution in [0.5, 0.6) is 0 Å². The van der Waals surface area contributed by atoms with Crippen molar-refractivity contribution in [2.75, 3.05) is 21.1 Å². The lowest BCUT2D eigenvalue weighted by molar-refractivity contribution is 0.286. The number of nitrogens with one attached hydrogen (secondary N) is 3. The lowest BCUT2D eigenvalue weighted by atomic mass is 9.81. The van der Waals surface area contributed by atoms with Crippen LogP contribution in [0.25, 0.3) is 0 Å². The molecule has 0 amide bonds. The van der Waals surface area contributed by atoms with Gasteiger partial charge in [-0.3, -0.25) is 10.6 Å². The fraction of sp³-hybridized carbons (Fsp3) is 0.786. The lowest BCUT2D eigenvalue weighted by Crippen LogP contribution is -2.57. The van der Waals surface area contributed by atoms with E-state index in [1.807, 2.05) is 21.1 Å². The van der Waals surface area contributed by atoms with Crippen molar-refractivity contribution in [1.29, 1.82) is 0 Å². The SMILES string of the molecule is [CH2]C(C)CCC1=C(NC)CCCC1(NC)NC. The van der Waals surface area contributed by atoms with E-state index in [1.165, 1.54) is 24.1 Å². The van der Waals surface area contributed by atoms with E-state index in [0.717, 1.165) is 19.3 Å². The van der Waals surface area contributed by atoms with Gasteiger partial charge < -0.3 is 5.32 Å². The van der Waals surface area contributed by atoms with E-state index in [9.17, 15) is 0 Å². The van der Waals surface area contributed by atoms with Crippen LogP contribution in [0, 0.1) is 12.8 Å². The summed E-state index contributed by atoms with van der Waals surface area (Å²) in [5.74, 6) is 0.508. The van der Waals surface area contributed by atoms with Crippen LogP contribution < -0.4 is 16.0 Å². The molecular weight excluding hydrogens is 210 g/mol. The summed E-state index contributed by atoms with van der Waals surface area (Å²) in [5.41, 5.74) is 2.87. The van der Waals surface area contributed by atoms with Gasteiger partial charge in [0.15, 0.2) is 0 Å². The Labute approximate surface area is 106 Å². The highest BCUT2D eigenvalue weighted by Crippen LogP contribution is 2.33. The Morgan fingerprint density at radius 3 is 2.41 bits per heavy atom. The van der Waals surface area contributed by atoms with Gasteiger partial charge in [0.25, 0.3) is 0 Å². The third-order valence-electron chi connectivity index (χ3n) is 3.90. The van der Waals surface area contributed by atoms with Crippen molar-refractivity contribution in [3.05, 3.63) is 18.2 Å². The second kappa shape index (κ2) is 6.41. The second-order valence-electron chi connectivity index (χ2n) is 5.11. The van der Waals surface area contributed by atoms with E-state index < -0.39 is 0 Å². The van der Waals surface area contributed by atoms with E-state index in [4.69, 9.17) is 0 Å². The summed E-state index contributed by atoms with van der Waals surface area (Å²) in [6.45, 7) is 6.27. The normalized spacial score (nSPS) is 19.9. The quantitative estimate of drug-likeness (QED) is 0.620. The molecule has 0 saturated carbocycles. The monoisotopic (exact) mass is 238 g/mol. The van der Waals surface area contributed by atoms with E-state index in [2.05, 4.69) is 29.8 Å². The van der Waals surface area contributed by atoms with Gasteiger partial charge in [0.1, 0.15) is 0 Å². The summed E-state index contributed by atoms with van der Waals surface area (Å²) < 4.78 is 0. The van der Waals surface area contributed by atoms with Crippen LogP contribution in [0.4, 0.5) is 0 Å². The predicted molar refractivity (Wildman–Crippen MR) is 74.5 cm³/mol.